The first kappa shape index (κ1) is 17.3. The van der Waals surface area contributed by atoms with Gasteiger partial charge in [-0.2, -0.15) is 0 Å². The van der Waals surface area contributed by atoms with Crippen molar-refractivity contribution in [1.29, 1.82) is 0 Å². The monoisotopic (exact) mass is 357 g/mol. The van der Waals surface area contributed by atoms with Gasteiger partial charge in [-0.25, -0.2) is 8.78 Å². The highest BCUT2D eigenvalue weighted by molar-refractivity contribution is 5.90. The highest BCUT2D eigenvalue weighted by Crippen LogP contribution is 2.12. The second-order valence-electron chi connectivity index (χ2n) is 5.41. The number of nitrogens with one attached hydrogen (secondary N) is 1. The van der Waals surface area contributed by atoms with Gasteiger partial charge in [0, 0.05) is 18.1 Å². The standard InChI is InChI=1S/C18H13F2N3O3/c19-12-5-7-13(8-6-12)23-10-9-22(17(25)18(23)26)11-16(24)21-15-4-2-1-3-14(15)20/h1-10H,11H2,(H,21,24). The average molecular weight is 357 g/mol. The van der Waals surface area contributed by atoms with Crippen LogP contribution in [0.2, 0.25) is 0 Å². The van der Waals surface area contributed by atoms with Gasteiger partial charge in [0.25, 0.3) is 0 Å². The number of hydrogen-bond donors (Lipinski definition) is 1. The van der Waals surface area contributed by atoms with Crippen molar-refractivity contribution in [2.45, 2.75) is 6.54 Å². The van der Waals surface area contributed by atoms with E-state index in [9.17, 15) is 23.2 Å². The zero-order chi connectivity index (χ0) is 18.7. The minimum Gasteiger partial charge on any atom is -0.322 e. The molecule has 0 bridgehead atoms. The van der Waals surface area contributed by atoms with Gasteiger partial charge in [-0.15, -0.1) is 0 Å². The first-order chi connectivity index (χ1) is 12.5. The number of nitrogens with zero attached hydrogens (tertiary/aromatic N) is 2. The molecule has 26 heavy (non-hydrogen) atoms. The lowest BCUT2D eigenvalue weighted by molar-refractivity contribution is -0.116. The summed E-state index contributed by atoms with van der Waals surface area (Å²) in [6, 6.07) is 10.6. The molecule has 132 valence electrons. The van der Waals surface area contributed by atoms with Gasteiger partial charge >= 0.3 is 11.1 Å². The van der Waals surface area contributed by atoms with E-state index in [-0.39, 0.29) is 5.69 Å². The van der Waals surface area contributed by atoms with E-state index in [4.69, 9.17) is 0 Å². The van der Waals surface area contributed by atoms with E-state index in [1.54, 1.807) is 6.07 Å². The van der Waals surface area contributed by atoms with Gasteiger partial charge in [-0.05, 0) is 36.4 Å². The summed E-state index contributed by atoms with van der Waals surface area (Å²) in [5.74, 6) is -1.74. The van der Waals surface area contributed by atoms with Gasteiger partial charge in [0.2, 0.25) is 5.91 Å². The molecular weight excluding hydrogens is 344 g/mol. The second-order valence-corrected chi connectivity index (χ2v) is 5.41. The van der Waals surface area contributed by atoms with Crippen LogP contribution in [0.5, 0.6) is 0 Å². The number of amides is 1. The highest BCUT2D eigenvalue weighted by atomic mass is 19.1. The third-order valence-electron chi connectivity index (χ3n) is 3.62. The maximum atomic E-state index is 13.5. The number of aromatic nitrogens is 2. The molecule has 1 N–H and O–H groups in total. The van der Waals surface area contributed by atoms with E-state index in [2.05, 4.69) is 5.32 Å². The van der Waals surface area contributed by atoms with Crippen molar-refractivity contribution in [3.63, 3.8) is 0 Å². The fourth-order valence-electron chi connectivity index (χ4n) is 2.34. The number of rotatable bonds is 4. The van der Waals surface area contributed by atoms with Crippen LogP contribution in [0.4, 0.5) is 14.5 Å². The predicted octanol–water partition coefficient (Wildman–Crippen LogP) is 1.92. The lowest BCUT2D eigenvalue weighted by Crippen LogP contribution is -2.41. The Kier molecular flexibility index (Phi) is 4.74. The van der Waals surface area contributed by atoms with Gasteiger partial charge in [0.05, 0.1) is 5.69 Å². The molecule has 3 rings (SSSR count). The molecule has 3 aromatic rings. The maximum absolute atomic E-state index is 13.5. The van der Waals surface area contributed by atoms with Gasteiger partial charge in [-0.3, -0.25) is 23.5 Å². The zero-order valence-electron chi connectivity index (χ0n) is 13.4. The smallest absolute Gasteiger partial charge is 0.320 e. The summed E-state index contributed by atoms with van der Waals surface area (Å²) in [5.41, 5.74) is -1.53. The first-order valence-corrected chi connectivity index (χ1v) is 7.58. The van der Waals surface area contributed by atoms with Crippen LogP contribution in [0.3, 0.4) is 0 Å². The molecule has 0 aliphatic rings. The van der Waals surface area contributed by atoms with E-state index in [1.807, 2.05) is 0 Å². The molecule has 0 saturated carbocycles. The SMILES string of the molecule is O=C(Cn1ccn(-c2ccc(F)cc2)c(=O)c1=O)Nc1ccccc1F. The van der Waals surface area contributed by atoms with Gasteiger partial charge in [0.1, 0.15) is 18.2 Å². The van der Waals surface area contributed by atoms with Crippen molar-refractivity contribution < 1.29 is 13.6 Å². The highest BCUT2D eigenvalue weighted by Gasteiger charge is 2.11. The van der Waals surface area contributed by atoms with Crippen LogP contribution in [-0.4, -0.2) is 15.0 Å². The van der Waals surface area contributed by atoms with E-state index >= 15 is 0 Å². The molecule has 0 spiro atoms. The molecule has 0 aliphatic carbocycles. The van der Waals surface area contributed by atoms with Gasteiger partial charge in [-0.1, -0.05) is 12.1 Å². The number of anilines is 1. The first-order valence-electron chi connectivity index (χ1n) is 7.58. The summed E-state index contributed by atoms with van der Waals surface area (Å²) < 4.78 is 28.5. The number of halogens is 2. The summed E-state index contributed by atoms with van der Waals surface area (Å²) in [5, 5.41) is 2.33. The normalized spacial score (nSPS) is 10.5. The topological polar surface area (TPSA) is 73.1 Å². The van der Waals surface area contributed by atoms with Crippen molar-refractivity contribution in [1.82, 2.24) is 9.13 Å². The van der Waals surface area contributed by atoms with Crippen molar-refractivity contribution in [2.24, 2.45) is 0 Å². The van der Waals surface area contributed by atoms with Gasteiger partial charge < -0.3 is 5.32 Å². The molecule has 1 aromatic heterocycles. The van der Waals surface area contributed by atoms with Crippen LogP contribution >= 0.6 is 0 Å². The Morgan fingerprint density at radius 1 is 0.923 bits per heavy atom. The van der Waals surface area contributed by atoms with Crippen molar-refractivity contribution >= 4 is 11.6 Å². The molecule has 0 aliphatic heterocycles. The molecule has 1 heterocycles. The van der Waals surface area contributed by atoms with E-state index in [0.29, 0.717) is 5.69 Å². The quantitative estimate of drug-likeness (QED) is 0.725. The van der Waals surface area contributed by atoms with Crippen molar-refractivity contribution in [3.05, 3.63) is 93.3 Å². The van der Waals surface area contributed by atoms with Crippen LogP contribution in [0.15, 0.2) is 70.5 Å². The Morgan fingerprint density at radius 2 is 1.62 bits per heavy atom. The largest absolute Gasteiger partial charge is 0.322 e. The maximum Gasteiger partial charge on any atom is 0.320 e. The van der Waals surface area contributed by atoms with E-state index < -0.39 is 35.2 Å². The van der Waals surface area contributed by atoms with Crippen molar-refractivity contribution in [2.75, 3.05) is 5.32 Å². The van der Waals surface area contributed by atoms with Crippen LogP contribution in [0.1, 0.15) is 0 Å². The molecule has 0 radical (unpaired) electrons. The van der Waals surface area contributed by atoms with E-state index in [1.165, 1.54) is 42.7 Å². The molecule has 2 aromatic carbocycles. The molecule has 6 nitrogen and oxygen atoms in total. The number of para-hydroxylation sites is 1. The number of benzene rings is 2. The fraction of sp³-hybridized carbons (Fsp3) is 0.0556. The predicted molar refractivity (Wildman–Crippen MR) is 91.3 cm³/mol. The molecule has 1 amide bonds. The molecule has 0 atom stereocenters. The minimum atomic E-state index is -0.930. The Morgan fingerprint density at radius 3 is 2.31 bits per heavy atom. The fourth-order valence-corrected chi connectivity index (χ4v) is 2.34. The lowest BCUT2D eigenvalue weighted by atomic mass is 10.3. The average Bonchev–Trinajstić information content (AvgIpc) is 2.62. The van der Waals surface area contributed by atoms with Crippen LogP contribution in [0.25, 0.3) is 5.69 Å². The number of hydrogen-bond acceptors (Lipinski definition) is 3. The Bertz CT molecular complexity index is 1070. The Balaban J connectivity index is 1.83. The molecule has 0 unspecified atom stereocenters. The second kappa shape index (κ2) is 7.14. The third kappa shape index (κ3) is 3.59. The summed E-state index contributed by atoms with van der Waals surface area (Å²) in [6.07, 6.45) is 2.56. The van der Waals surface area contributed by atoms with E-state index in [0.717, 1.165) is 21.3 Å². The summed E-state index contributed by atoms with van der Waals surface area (Å²) >= 11 is 0. The number of carbonyl (C=O) groups excluding carboxylic acids is 1. The third-order valence-corrected chi connectivity index (χ3v) is 3.62. The minimum absolute atomic E-state index is 0.0230. The van der Waals surface area contributed by atoms with Crippen molar-refractivity contribution in [3.8, 4) is 5.69 Å². The van der Waals surface area contributed by atoms with Crippen LogP contribution in [-0.2, 0) is 11.3 Å². The lowest BCUT2D eigenvalue weighted by Gasteiger charge is -2.10. The van der Waals surface area contributed by atoms with Gasteiger partial charge in [0.15, 0.2) is 0 Å². The zero-order valence-corrected chi connectivity index (χ0v) is 13.4. The molecule has 0 saturated heterocycles. The molecular formula is C18H13F2N3O3. The molecule has 0 fully saturated rings. The van der Waals surface area contributed by atoms with Crippen LogP contribution in [0, 0.1) is 11.6 Å². The summed E-state index contributed by atoms with van der Waals surface area (Å²) in [6.45, 7) is -0.452. The summed E-state index contributed by atoms with van der Waals surface area (Å²) in [4.78, 5) is 36.4. The Labute approximate surface area is 146 Å². The van der Waals surface area contributed by atoms with Crippen LogP contribution < -0.4 is 16.4 Å². The number of carbonyl (C=O) groups is 1. The molecule has 8 heteroatoms. The Hall–Kier alpha value is -3.55. The summed E-state index contributed by atoms with van der Waals surface area (Å²) in [7, 11) is 0.